The van der Waals surface area contributed by atoms with Crippen molar-refractivity contribution in [2.75, 3.05) is 0 Å². The van der Waals surface area contributed by atoms with Gasteiger partial charge in [0.1, 0.15) is 6.33 Å². The van der Waals surface area contributed by atoms with E-state index in [2.05, 4.69) is 9.97 Å². The van der Waals surface area contributed by atoms with E-state index in [1.807, 2.05) is 43.6 Å². The second-order valence-corrected chi connectivity index (χ2v) is 4.90. The zero-order valence-corrected chi connectivity index (χ0v) is 11.0. The summed E-state index contributed by atoms with van der Waals surface area (Å²) in [6.45, 7) is 2.01. The minimum Gasteiger partial charge on any atom is -0.327 e. The Bertz CT molecular complexity index is 482. The lowest BCUT2D eigenvalue weighted by Crippen LogP contribution is -2.26. The highest BCUT2D eigenvalue weighted by molar-refractivity contribution is 6.30. The Morgan fingerprint density at radius 1 is 1.17 bits per heavy atom. The van der Waals surface area contributed by atoms with Gasteiger partial charge >= 0.3 is 0 Å². The van der Waals surface area contributed by atoms with Gasteiger partial charge in [-0.25, -0.2) is 9.97 Å². The van der Waals surface area contributed by atoms with Gasteiger partial charge in [-0.1, -0.05) is 23.7 Å². The molecule has 0 bridgehead atoms. The Balaban J connectivity index is 2.19. The molecule has 3 nitrogen and oxygen atoms in total. The lowest BCUT2D eigenvalue weighted by molar-refractivity contribution is 0.561. The van der Waals surface area contributed by atoms with Crippen LogP contribution in [0.4, 0.5) is 0 Å². The van der Waals surface area contributed by atoms with Gasteiger partial charge in [-0.3, -0.25) is 0 Å². The Hall–Kier alpha value is -1.45. The summed E-state index contributed by atoms with van der Waals surface area (Å²) in [6, 6.07) is 7.91. The van der Waals surface area contributed by atoms with Gasteiger partial charge in [0.05, 0.1) is 0 Å². The van der Waals surface area contributed by atoms with Crippen molar-refractivity contribution in [2.24, 2.45) is 5.73 Å². The zero-order chi connectivity index (χ0) is 13.0. The normalized spacial score (nSPS) is 14.2. The van der Waals surface area contributed by atoms with Crippen molar-refractivity contribution in [2.45, 2.75) is 25.3 Å². The summed E-state index contributed by atoms with van der Waals surface area (Å²) >= 11 is 5.88. The molecule has 18 heavy (non-hydrogen) atoms. The number of benzene rings is 1. The summed E-state index contributed by atoms with van der Waals surface area (Å²) in [6.07, 6.45) is 6.06. The summed E-state index contributed by atoms with van der Waals surface area (Å²) < 4.78 is 0. The van der Waals surface area contributed by atoms with E-state index in [1.54, 1.807) is 0 Å². The van der Waals surface area contributed by atoms with E-state index in [1.165, 1.54) is 11.9 Å². The van der Waals surface area contributed by atoms with Crippen molar-refractivity contribution in [3.05, 3.63) is 59.1 Å². The molecule has 2 rings (SSSR count). The van der Waals surface area contributed by atoms with Crippen molar-refractivity contribution in [3.63, 3.8) is 0 Å². The van der Waals surface area contributed by atoms with Crippen LogP contribution in [0.5, 0.6) is 0 Å². The van der Waals surface area contributed by atoms with E-state index in [9.17, 15) is 0 Å². The quantitative estimate of drug-likeness (QED) is 0.921. The minimum atomic E-state index is 0.0479. The third kappa shape index (κ3) is 3.28. The largest absolute Gasteiger partial charge is 0.327 e. The van der Waals surface area contributed by atoms with E-state index in [4.69, 9.17) is 17.3 Å². The first-order valence-corrected chi connectivity index (χ1v) is 6.29. The van der Waals surface area contributed by atoms with Gasteiger partial charge in [0.15, 0.2) is 0 Å². The van der Waals surface area contributed by atoms with Crippen LogP contribution >= 0.6 is 11.6 Å². The molecular weight excluding hydrogens is 246 g/mol. The van der Waals surface area contributed by atoms with Crippen LogP contribution in [0.1, 0.15) is 24.0 Å². The highest BCUT2D eigenvalue weighted by atomic mass is 35.5. The third-order valence-electron chi connectivity index (χ3n) is 3.01. The van der Waals surface area contributed by atoms with E-state index in [0.29, 0.717) is 0 Å². The first-order valence-electron chi connectivity index (χ1n) is 5.91. The molecule has 1 heterocycles. The van der Waals surface area contributed by atoms with Crippen molar-refractivity contribution in [3.8, 4) is 0 Å². The SMILES string of the molecule is C[C@H](N)[C@@H](Cc1ccc(Cl)cc1)c1cncnc1. The summed E-state index contributed by atoms with van der Waals surface area (Å²) in [5.74, 6) is 0.215. The molecule has 0 fully saturated rings. The van der Waals surface area contributed by atoms with Crippen LogP contribution in [-0.2, 0) is 6.42 Å². The molecule has 0 radical (unpaired) electrons. The van der Waals surface area contributed by atoms with Crippen LogP contribution in [0, 0.1) is 0 Å². The molecule has 0 aliphatic heterocycles. The fourth-order valence-electron chi connectivity index (χ4n) is 1.98. The van der Waals surface area contributed by atoms with Gasteiger partial charge in [0.2, 0.25) is 0 Å². The van der Waals surface area contributed by atoms with Crippen LogP contribution < -0.4 is 5.73 Å². The lowest BCUT2D eigenvalue weighted by Gasteiger charge is -2.20. The van der Waals surface area contributed by atoms with Gasteiger partial charge in [0, 0.05) is 29.4 Å². The van der Waals surface area contributed by atoms with Crippen molar-refractivity contribution < 1.29 is 0 Å². The predicted octanol–water partition coefficient (Wildman–Crippen LogP) is 2.80. The Morgan fingerprint density at radius 3 is 2.33 bits per heavy atom. The first-order chi connectivity index (χ1) is 8.66. The maximum absolute atomic E-state index is 6.06. The lowest BCUT2D eigenvalue weighted by atomic mass is 9.88. The average molecular weight is 262 g/mol. The number of rotatable bonds is 4. The van der Waals surface area contributed by atoms with Crippen molar-refractivity contribution >= 4 is 11.6 Å². The minimum absolute atomic E-state index is 0.0479. The molecule has 4 heteroatoms. The Morgan fingerprint density at radius 2 is 1.78 bits per heavy atom. The number of halogens is 1. The topological polar surface area (TPSA) is 51.8 Å². The Labute approximate surface area is 112 Å². The summed E-state index contributed by atoms with van der Waals surface area (Å²) in [5, 5.41) is 0.749. The second-order valence-electron chi connectivity index (χ2n) is 4.47. The maximum Gasteiger partial charge on any atom is 0.115 e. The molecule has 0 saturated carbocycles. The summed E-state index contributed by atoms with van der Waals surface area (Å²) in [7, 11) is 0. The van der Waals surface area contributed by atoms with Gasteiger partial charge in [-0.05, 0) is 36.6 Å². The third-order valence-corrected chi connectivity index (χ3v) is 3.26. The van der Waals surface area contributed by atoms with Crippen LogP contribution in [0.15, 0.2) is 43.0 Å². The highest BCUT2D eigenvalue weighted by Gasteiger charge is 2.17. The maximum atomic E-state index is 6.06. The van der Waals surface area contributed by atoms with Gasteiger partial charge in [-0.15, -0.1) is 0 Å². The number of nitrogens with zero attached hydrogens (tertiary/aromatic N) is 2. The fraction of sp³-hybridized carbons (Fsp3) is 0.286. The van der Waals surface area contributed by atoms with Gasteiger partial charge in [0.25, 0.3) is 0 Å². The van der Waals surface area contributed by atoms with E-state index < -0.39 is 0 Å². The smallest absolute Gasteiger partial charge is 0.115 e. The van der Waals surface area contributed by atoms with Crippen LogP contribution in [0.3, 0.4) is 0 Å². The summed E-state index contributed by atoms with van der Waals surface area (Å²) in [5.41, 5.74) is 8.35. The molecule has 2 N–H and O–H groups in total. The number of nitrogens with two attached hydrogens (primary N) is 1. The standard InChI is InChI=1S/C14H16ClN3/c1-10(16)14(12-7-17-9-18-8-12)6-11-2-4-13(15)5-3-11/h2-5,7-10,14H,6,16H2,1H3/t10-,14+/m0/s1. The van der Waals surface area contributed by atoms with Crippen molar-refractivity contribution in [1.82, 2.24) is 9.97 Å². The molecular formula is C14H16ClN3. The second kappa shape index (κ2) is 5.94. The molecule has 0 saturated heterocycles. The van der Waals surface area contributed by atoms with Crippen molar-refractivity contribution in [1.29, 1.82) is 0 Å². The van der Waals surface area contributed by atoms with Gasteiger partial charge < -0.3 is 5.73 Å². The summed E-state index contributed by atoms with van der Waals surface area (Å²) in [4.78, 5) is 8.11. The van der Waals surface area contributed by atoms with Gasteiger partial charge in [-0.2, -0.15) is 0 Å². The highest BCUT2D eigenvalue weighted by Crippen LogP contribution is 2.23. The molecule has 1 aromatic heterocycles. The molecule has 0 aliphatic carbocycles. The molecule has 0 unspecified atom stereocenters. The molecule has 94 valence electrons. The number of aromatic nitrogens is 2. The number of hydrogen-bond donors (Lipinski definition) is 1. The Kier molecular flexibility index (Phi) is 4.28. The van der Waals surface area contributed by atoms with E-state index >= 15 is 0 Å². The van der Waals surface area contributed by atoms with E-state index in [-0.39, 0.29) is 12.0 Å². The molecule has 1 aromatic carbocycles. The van der Waals surface area contributed by atoms with Crippen LogP contribution in [0.25, 0.3) is 0 Å². The molecule has 0 spiro atoms. The fourth-order valence-corrected chi connectivity index (χ4v) is 2.11. The zero-order valence-electron chi connectivity index (χ0n) is 10.3. The first kappa shape index (κ1) is 13.0. The van der Waals surface area contributed by atoms with E-state index in [0.717, 1.165) is 17.0 Å². The molecule has 2 atom stereocenters. The molecule has 0 amide bonds. The molecule has 0 aliphatic rings. The van der Waals surface area contributed by atoms with Crippen LogP contribution in [-0.4, -0.2) is 16.0 Å². The average Bonchev–Trinajstić information content (AvgIpc) is 2.38. The number of hydrogen-bond acceptors (Lipinski definition) is 3. The van der Waals surface area contributed by atoms with Crippen LogP contribution in [0.2, 0.25) is 5.02 Å². The molecule has 2 aromatic rings. The monoisotopic (exact) mass is 261 g/mol. The predicted molar refractivity (Wildman–Crippen MR) is 73.6 cm³/mol.